The minimum atomic E-state index is -0.179. The molecule has 1 aromatic carbocycles. The third-order valence-corrected chi connectivity index (χ3v) is 8.90. The fourth-order valence-corrected chi connectivity index (χ4v) is 6.25. The lowest BCUT2D eigenvalue weighted by atomic mass is 9.79. The molecule has 1 aliphatic carbocycles. The zero-order valence-corrected chi connectivity index (χ0v) is 22.8. The van der Waals surface area contributed by atoms with Crippen molar-refractivity contribution in [3.05, 3.63) is 57.8 Å². The van der Waals surface area contributed by atoms with Gasteiger partial charge in [-0.2, -0.15) is 0 Å². The van der Waals surface area contributed by atoms with Gasteiger partial charge in [-0.1, -0.05) is 29.3 Å². The number of benzene rings is 1. The zero-order chi connectivity index (χ0) is 25.9. The molecule has 2 aliphatic heterocycles. The smallest absolute Gasteiger partial charge is 0.239 e. The Morgan fingerprint density at radius 2 is 1.92 bits per heavy atom. The summed E-state index contributed by atoms with van der Waals surface area (Å²) in [6.07, 6.45) is 5.07. The number of aromatic nitrogens is 1. The topological polar surface area (TPSA) is 72.8 Å². The largest absolute Gasteiger partial charge is 0.353 e. The zero-order valence-electron chi connectivity index (χ0n) is 21.3. The van der Waals surface area contributed by atoms with Crippen LogP contribution in [0.5, 0.6) is 0 Å². The van der Waals surface area contributed by atoms with Crippen LogP contribution in [0, 0.1) is 5.92 Å². The van der Waals surface area contributed by atoms with Gasteiger partial charge in [0.2, 0.25) is 11.8 Å². The molecule has 0 spiro atoms. The lowest BCUT2D eigenvalue weighted by Crippen LogP contribution is -2.62. The molecule has 5 rings (SSSR count). The number of nitrogens with zero attached hydrogens (tertiary/aromatic N) is 4. The van der Waals surface area contributed by atoms with E-state index in [0.29, 0.717) is 29.3 Å². The maximum Gasteiger partial charge on any atom is 0.239 e. The van der Waals surface area contributed by atoms with Crippen molar-refractivity contribution in [1.29, 1.82) is 0 Å². The maximum atomic E-state index is 13.4. The van der Waals surface area contributed by atoms with E-state index in [0.717, 1.165) is 57.5 Å². The van der Waals surface area contributed by atoms with Gasteiger partial charge in [0.25, 0.3) is 0 Å². The third kappa shape index (κ3) is 6.32. The summed E-state index contributed by atoms with van der Waals surface area (Å²) in [5.41, 5.74) is 2.21. The molecule has 2 aromatic rings. The number of fused-ring (bicyclic) bond motifs is 1. The molecule has 1 saturated carbocycles. The minimum Gasteiger partial charge on any atom is -0.353 e. The van der Waals surface area contributed by atoms with Crippen LogP contribution in [-0.4, -0.2) is 82.6 Å². The molecule has 37 heavy (non-hydrogen) atoms. The van der Waals surface area contributed by atoms with Crippen LogP contribution in [0.4, 0.5) is 0 Å². The lowest BCUT2D eigenvalue weighted by Gasteiger charge is -2.47. The van der Waals surface area contributed by atoms with Crippen molar-refractivity contribution in [3.63, 3.8) is 0 Å². The molecular weight excluding hydrogens is 511 g/mol. The van der Waals surface area contributed by atoms with E-state index in [4.69, 9.17) is 23.2 Å². The van der Waals surface area contributed by atoms with E-state index in [1.165, 1.54) is 5.69 Å². The van der Waals surface area contributed by atoms with Crippen molar-refractivity contribution in [2.45, 2.75) is 44.4 Å². The van der Waals surface area contributed by atoms with Crippen molar-refractivity contribution in [2.24, 2.45) is 13.0 Å². The van der Waals surface area contributed by atoms with Gasteiger partial charge in [0.15, 0.2) is 0 Å². The molecule has 10 heteroatoms. The lowest BCUT2D eigenvalue weighted by molar-refractivity contribution is -0.146. The van der Waals surface area contributed by atoms with Gasteiger partial charge >= 0.3 is 0 Å². The van der Waals surface area contributed by atoms with Crippen LogP contribution in [0.1, 0.15) is 30.5 Å². The Labute approximate surface area is 228 Å². The van der Waals surface area contributed by atoms with Crippen LogP contribution in [0.15, 0.2) is 36.5 Å². The fourth-order valence-electron chi connectivity index (χ4n) is 5.93. The van der Waals surface area contributed by atoms with E-state index in [1.807, 2.05) is 6.07 Å². The molecule has 3 heterocycles. The molecule has 3 aliphatic rings. The summed E-state index contributed by atoms with van der Waals surface area (Å²) < 4.78 is 2.19. The summed E-state index contributed by atoms with van der Waals surface area (Å²) in [4.78, 5) is 32.8. The number of aryl methyl sites for hydroxylation is 1. The number of hydrogen-bond donors (Lipinski definition) is 2. The number of carbonyl (C=O) groups is 2. The number of carbonyl (C=O) groups excluding carboxylic acids is 2. The molecule has 200 valence electrons. The summed E-state index contributed by atoms with van der Waals surface area (Å²) in [7, 11) is 2.10. The highest BCUT2D eigenvalue weighted by Gasteiger charge is 2.42. The highest BCUT2D eigenvalue weighted by atomic mass is 35.5. The fraction of sp³-hybridized carbons (Fsp3) is 0.556. The third-order valence-electron chi connectivity index (χ3n) is 8.16. The van der Waals surface area contributed by atoms with Crippen LogP contribution < -0.4 is 10.6 Å². The van der Waals surface area contributed by atoms with Crippen LogP contribution in [0.3, 0.4) is 0 Å². The van der Waals surface area contributed by atoms with Gasteiger partial charge in [0, 0.05) is 70.3 Å². The molecular formula is C27H36Cl2N6O2. The average molecular weight is 548 g/mol. The summed E-state index contributed by atoms with van der Waals surface area (Å²) >= 11 is 12.0. The van der Waals surface area contributed by atoms with Crippen molar-refractivity contribution < 1.29 is 9.59 Å². The van der Waals surface area contributed by atoms with Gasteiger partial charge in [0.05, 0.1) is 22.6 Å². The summed E-state index contributed by atoms with van der Waals surface area (Å²) in [5.74, 6) is -0.154. The Bertz CT molecular complexity index is 1120. The highest BCUT2D eigenvalue weighted by molar-refractivity contribution is 6.42. The van der Waals surface area contributed by atoms with E-state index in [2.05, 4.69) is 50.4 Å². The summed E-state index contributed by atoms with van der Waals surface area (Å²) in [5, 5.41) is 7.35. The summed E-state index contributed by atoms with van der Waals surface area (Å²) in [6, 6.07) is 10.2. The van der Waals surface area contributed by atoms with E-state index < -0.39 is 0 Å². The second-order valence-corrected chi connectivity index (χ2v) is 11.3. The Hall–Kier alpha value is -2.10. The van der Waals surface area contributed by atoms with E-state index in [9.17, 15) is 9.59 Å². The number of nitrogens with one attached hydrogen (secondary N) is 2. The van der Waals surface area contributed by atoms with E-state index >= 15 is 0 Å². The molecule has 8 nitrogen and oxygen atoms in total. The number of rotatable bonds is 7. The second kappa shape index (κ2) is 11.7. The predicted octanol–water partition coefficient (Wildman–Crippen LogP) is 2.69. The van der Waals surface area contributed by atoms with E-state index in [-0.39, 0.29) is 30.3 Å². The first-order valence-electron chi connectivity index (χ1n) is 13.2. The number of amides is 2. The van der Waals surface area contributed by atoms with Crippen molar-refractivity contribution >= 4 is 35.0 Å². The van der Waals surface area contributed by atoms with Gasteiger partial charge < -0.3 is 14.8 Å². The van der Waals surface area contributed by atoms with Crippen molar-refractivity contribution in [3.8, 4) is 0 Å². The Morgan fingerprint density at radius 3 is 2.65 bits per heavy atom. The van der Waals surface area contributed by atoms with Crippen molar-refractivity contribution in [2.75, 3.05) is 39.4 Å². The second-order valence-electron chi connectivity index (χ2n) is 10.5. The van der Waals surface area contributed by atoms with Gasteiger partial charge in [0.1, 0.15) is 6.54 Å². The Kier molecular flexibility index (Phi) is 8.41. The molecule has 3 fully saturated rings. The van der Waals surface area contributed by atoms with Crippen LogP contribution in [0.25, 0.3) is 0 Å². The van der Waals surface area contributed by atoms with E-state index in [1.54, 1.807) is 17.0 Å². The number of hydrogen-bond acceptors (Lipinski definition) is 5. The first kappa shape index (κ1) is 26.5. The molecule has 2 N–H and O–H groups in total. The molecule has 2 amide bonds. The SMILES string of the molecule is Cn1cccc1CN1CCN(C2CCC3NCN(CC(=O)NCc4ccc(Cl)c(Cl)c4)C(=O)C3C2)CC1. The normalized spacial score (nSPS) is 25.2. The first-order valence-corrected chi connectivity index (χ1v) is 13.9. The molecule has 3 unspecified atom stereocenters. The quantitative estimate of drug-likeness (QED) is 0.558. The minimum absolute atomic E-state index is 0.0544. The molecule has 2 saturated heterocycles. The first-order chi connectivity index (χ1) is 17.9. The Balaban J connectivity index is 1.10. The highest BCUT2D eigenvalue weighted by Crippen LogP contribution is 2.32. The monoisotopic (exact) mass is 546 g/mol. The average Bonchev–Trinajstić information content (AvgIpc) is 3.31. The predicted molar refractivity (Wildman–Crippen MR) is 145 cm³/mol. The van der Waals surface area contributed by atoms with Crippen LogP contribution in [0.2, 0.25) is 10.0 Å². The number of halogens is 2. The molecule has 0 bridgehead atoms. The van der Waals surface area contributed by atoms with Gasteiger partial charge in [-0.05, 0) is 49.1 Å². The van der Waals surface area contributed by atoms with Crippen molar-refractivity contribution in [1.82, 2.24) is 29.9 Å². The van der Waals surface area contributed by atoms with Crippen LogP contribution >= 0.6 is 23.2 Å². The summed E-state index contributed by atoms with van der Waals surface area (Å²) in [6.45, 7) is 5.97. The molecule has 0 radical (unpaired) electrons. The van der Waals surface area contributed by atoms with Gasteiger partial charge in [-0.15, -0.1) is 0 Å². The molecule has 3 atom stereocenters. The molecule has 1 aromatic heterocycles. The van der Waals surface area contributed by atoms with Gasteiger partial charge in [-0.3, -0.25) is 24.7 Å². The Morgan fingerprint density at radius 1 is 1.11 bits per heavy atom. The standard InChI is InChI=1S/C27H36Cl2N6O2/c1-32-8-2-3-21(32)16-33-9-11-34(12-10-33)20-5-7-25-22(14-20)27(37)35(18-31-25)17-26(36)30-15-19-4-6-23(28)24(29)13-19/h2-4,6,8,13,20,22,25,31H,5,7,9-12,14-18H2,1H3,(H,30,36). The maximum absolute atomic E-state index is 13.4. The van der Waals surface area contributed by atoms with Gasteiger partial charge in [-0.25, -0.2) is 0 Å². The number of piperazine rings is 1. The van der Waals surface area contributed by atoms with Crippen LogP contribution in [-0.2, 0) is 29.7 Å².